The van der Waals surface area contributed by atoms with Crippen molar-refractivity contribution in [2.75, 3.05) is 0 Å². The van der Waals surface area contributed by atoms with Gasteiger partial charge in [0.05, 0.1) is 17.3 Å². The van der Waals surface area contributed by atoms with E-state index in [1.165, 1.54) is 0 Å². The molecule has 0 aliphatic heterocycles. The Bertz CT molecular complexity index is 374. The summed E-state index contributed by atoms with van der Waals surface area (Å²) in [5.41, 5.74) is 5.57. The lowest BCUT2D eigenvalue weighted by Crippen LogP contribution is -2.46. The summed E-state index contributed by atoms with van der Waals surface area (Å²) in [6, 6.07) is 3.41. The second-order valence-electron chi connectivity index (χ2n) is 4.27. The fourth-order valence-corrected chi connectivity index (χ4v) is 1.83. The molecular formula is C12H18N2O2S. The second-order valence-corrected chi connectivity index (χ2v) is 4.74. The van der Waals surface area contributed by atoms with Crippen LogP contribution in [0.3, 0.4) is 0 Å². The molecule has 1 aromatic rings. The van der Waals surface area contributed by atoms with Gasteiger partial charge in [0.2, 0.25) is 5.91 Å². The smallest absolute Gasteiger partial charge is 0.221 e. The van der Waals surface area contributed by atoms with E-state index in [-0.39, 0.29) is 17.9 Å². The molecule has 0 radical (unpaired) electrons. The number of nitrogens with two attached hydrogens (primary N) is 1. The number of carbonyl (C=O) groups excluding carboxylic acids is 1. The molecule has 1 heterocycles. The molecule has 0 spiro atoms. The van der Waals surface area contributed by atoms with E-state index in [1.54, 1.807) is 12.3 Å². The predicted octanol–water partition coefficient (Wildman–Crippen LogP) is 1.64. The van der Waals surface area contributed by atoms with E-state index in [0.717, 1.165) is 5.76 Å². The normalized spacial score (nSPS) is 12.4. The molecule has 94 valence electrons. The van der Waals surface area contributed by atoms with Crippen molar-refractivity contribution < 1.29 is 9.21 Å². The van der Waals surface area contributed by atoms with Gasteiger partial charge in [-0.3, -0.25) is 4.79 Å². The second kappa shape index (κ2) is 6.39. The summed E-state index contributed by atoms with van der Waals surface area (Å²) in [6.07, 6.45) is 2.56. The summed E-state index contributed by atoms with van der Waals surface area (Å²) in [5.74, 6) is 0.935. The van der Waals surface area contributed by atoms with Crippen molar-refractivity contribution in [3.63, 3.8) is 0 Å². The van der Waals surface area contributed by atoms with E-state index >= 15 is 0 Å². The minimum Gasteiger partial charge on any atom is -0.469 e. The molecule has 1 aromatic heterocycles. The van der Waals surface area contributed by atoms with Crippen LogP contribution in [-0.4, -0.2) is 16.9 Å². The molecule has 0 saturated heterocycles. The molecule has 1 amide bonds. The minimum absolute atomic E-state index is 0.0621. The average molecular weight is 254 g/mol. The molecule has 17 heavy (non-hydrogen) atoms. The molecule has 0 aromatic carbocycles. The molecule has 0 bridgehead atoms. The third-order valence-electron chi connectivity index (χ3n) is 2.47. The average Bonchev–Trinajstić information content (AvgIpc) is 2.74. The van der Waals surface area contributed by atoms with Gasteiger partial charge >= 0.3 is 0 Å². The number of aryl methyl sites for hydroxylation is 1. The Labute approximate surface area is 107 Å². The van der Waals surface area contributed by atoms with Crippen molar-refractivity contribution in [3.05, 3.63) is 24.2 Å². The van der Waals surface area contributed by atoms with Crippen molar-refractivity contribution in [1.82, 2.24) is 5.32 Å². The lowest BCUT2D eigenvalue weighted by atomic mass is 10.0. The van der Waals surface area contributed by atoms with Crippen LogP contribution >= 0.6 is 12.2 Å². The quantitative estimate of drug-likeness (QED) is 0.757. The maximum atomic E-state index is 11.7. The Balaban J connectivity index is 2.40. The predicted molar refractivity (Wildman–Crippen MR) is 70.6 cm³/mol. The lowest BCUT2D eigenvalue weighted by Gasteiger charge is -2.20. The van der Waals surface area contributed by atoms with Crippen LogP contribution in [0.2, 0.25) is 0 Å². The van der Waals surface area contributed by atoms with Gasteiger partial charge in [-0.2, -0.15) is 0 Å². The highest BCUT2D eigenvalue weighted by Crippen LogP contribution is 2.05. The molecule has 5 heteroatoms. The molecule has 0 saturated carbocycles. The largest absolute Gasteiger partial charge is 0.469 e. The van der Waals surface area contributed by atoms with Crippen LogP contribution in [0.25, 0.3) is 0 Å². The van der Waals surface area contributed by atoms with Crippen molar-refractivity contribution >= 4 is 23.1 Å². The van der Waals surface area contributed by atoms with E-state index in [9.17, 15) is 4.79 Å². The number of furan rings is 1. The van der Waals surface area contributed by atoms with Gasteiger partial charge in [0.15, 0.2) is 0 Å². The molecule has 1 unspecified atom stereocenters. The Hall–Kier alpha value is -1.36. The molecule has 0 aliphatic rings. The number of hydrogen-bond acceptors (Lipinski definition) is 3. The lowest BCUT2D eigenvalue weighted by molar-refractivity contribution is -0.121. The van der Waals surface area contributed by atoms with Gasteiger partial charge in [-0.05, 0) is 18.1 Å². The number of thiocarbonyl (C=S) groups is 1. The van der Waals surface area contributed by atoms with Gasteiger partial charge < -0.3 is 15.5 Å². The van der Waals surface area contributed by atoms with Crippen LogP contribution in [0.5, 0.6) is 0 Å². The van der Waals surface area contributed by atoms with Gasteiger partial charge in [0.25, 0.3) is 0 Å². The van der Waals surface area contributed by atoms with Gasteiger partial charge in [0, 0.05) is 12.8 Å². The summed E-state index contributed by atoms with van der Waals surface area (Å²) < 4.78 is 5.15. The zero-order chi connectivity index (χ0) is 12.8. The van der Waals surface area contributed by atoms with Crippen molar-refractivity contribution in [3.8, 4) is 0 Å². The third-order valence-corrected chi connectivity index (χ3v) is 2.72. The SMILES string of the molecule is CC(C)C(NC(=O)CCc1ccco1)C(N)=S. The summed E-state index contributed by atoms with van der Waals surface area (Å²) >= 11 is 4.92. The van der Waals surface area contributed by atoms with Crippen LogP contribution in [0.1, 0.15) is 26.0 Å². The van der Waals surface area contributed by atoms with E-state index in [4.69, 9.17) is 22.4 Å². The number of rotatable bonds is 6. The van der Waals surface area contributed by atoms with Gasteiger partial charge in [-0.15, -0.1) is 0 Å². The van der Waals surface area contributed by atoms with E-state index in [2.05, 4.69) is 5.32 Å². The van der Waals surface area contributed by atoms with Crippen molar-refractivity contribution in [2.45, 2.75) is 32.7 Å². The van der Waals surface area contributed by atoms with Crippen LogP contribution in [0, 0.1) is 5.92 Å². The number of amides is 1. The zero-order valence-electron chi connectivity index (χ0n) is 10.1. The zero-order valence-corrected chi connectivity index (χ0v) is 10.9. The maximum absolute atomic E-state index is 11.7. The fourth-order valence-electron chi connectivity index (χ4n) is 1.50. The van der Waals surface area contributed by atoms with Gasteiger partial charge in [-0.1, -0.05) is 26.1 Å². The highest BCUT2D eigenvalue weighted by Gasteiger charge is 2.18. The topological polar surface area (TPSA) is 68.3 Å². The summed E-state index contributed by atoms with van der Waals surface area (Å²) in [5, 5.41) is 2.83. The first-order valence-corrected chi connectivity index (χ1v) is 6.02. The molecule has 1 rings (SSSR count). The Morgan fingerprint density at radius 3 is 2.76 bits per heavy atom. The number of carbonyl (C=O) groups is 1. The number of nitrogens with one attached hydrogen (secondary N) is 1. The van der Waals surface area contributed by atoms with Gasteiger partial charge in [0.1, 0.15) is 5.76 Å². The Morgan fingerprint density at radius 1 is 1.59 bits per heavy atom. The molecule has 0 aliphatic carbocycles. The van der Waals surface area contributed by atoms with E-state index in [1.807, 2.05) is 19.9 Å². The van der Waals surface area contributed by atoms with Crippen molar-refractivity contribution in [1.29, 1.82) is 0 Å². The highest BCUT2D eigenvalue weighted by molar-refractivity contribution is 7.80. The van der Waals surface area contributed by atoms with Gasteiger partial charge in [-0.25, -0.2) is 0 Å². The van der Waals surface area contributed by atoms with Crippen LogP contribution < -0.4 is 11.1 Å². The summed E-state index contributed by atoms with van der Waals surface area (Å²) in [7, 11) is 0. The standard InChI is InChI=1S/C12H18N2O2S/c1-8(2)11(12(13)17)14-10(15)6-5-9-4-3-7-16-9/h3-4,7-8,11H,5-6H2,1-2H3,(H2,13,17)(H,14,15). The Morgan fingerprint density at radius 2 is 2.29 bits per heavy atom. The first-order valence-electron chi connectivity index (χ1n) is 5.61. The maximum Gasteiger partial charge on any atom is 0.221 e. The summed E-state index contributed by atoms with van der Waals surface area (Å²) in [6.45, 7) is 3.94. The van der Waals surface area contributed by atoms with Crippen LogP contribution in [0.4, 0.5) is 0 Å². The molecule has 1 atom stereocenters. The summed E-state index contributed by atoms with van der Waals surface area (Å²) in [4.78, 5) is 12.0. The third kappa shape index (κ3) is 4.56. The van der Waals surface area contributed by atoms with Crippen LogP contribution in [0.15, 0.2) is 22.8 Å². The van der Waals surface area contributed by atoms with E-state index in [0.29, 0.717) is 17.8 Å². The highest BCUT2D eigenvalue weighted by atomic mass is 32.1. The minimum atomic E-state index is -0.242. The van der Waals surface area contributed by atoms with Crippen LogP contribution in [-0.2, 0) is 11.2 Å². The number of hydrogen-bond donors (Lipinski definition) is 2. The first-order chi connectivity index (χ1) is 8.00. The molecule has 4 nitrogen and oxygen atoms in total. The monoisotopic (exact) mass is 254 g/mol. The molecule has 3 N–H and O–H groups in total. The first kappa shape index (κ1) is 13.7. The van der Waals surface area contributed by atoms with Crippen molar-refractivity contribution in [2.24, 2.45) is 11.7 Å². The fraction of sp³-hybridized carbons (Fsp3) is 0.500. The van der Waals surface area contributed by atoms with E-state index < -0.39 is 0 Å². The molecular weight excluding hydrogens is 236 g/mol. The molecule has 0 fully saturated rings. The Kier molecular flexibility index (Phi) is 5.15.